The zero-order valence-corrected chi connectivity index (χ0v) is 28.3. The lowest BCUT2D eigenvalue weighted by Crippen LogP contribution is -2.64. The van der Waals surface area contributed by atoms with Crippen LogP contribution in [0.5, 0.6) is 0 Å². The van der Waals surface area contributed by atoms with Gasteiger partial charge in [0.05, 0.1) is 6.61 Å². The van der Waals surface area contributed by atoms with Gasteiger partial charge in [0, 0.05) is 36.5 Å². The first-order valence-electron chi connectivity index (χ1n) is 18.6. The molecule has 2 aromatic carbocycles. The highest BCUT2D eigenvalue weighted by Crippen LogP contribution is 2.52. The predicted molar refractivity (Wildman–Crippen MR) is 177 cm³/mol. The zero-order valence-electron chi connectivity index (χ0n) is 27.4. The molecule has 252 valence electrons. The summed E-state index contributed by atoms with van der Waals surface area (Å²) in [4.78, 5) is 0. The van der Waals surface area contributed by atoms with E-state index in [0.29, 0.717) is 6.61 Å². The van der Waals surface area contributed by atoms with Crippen LogP contribution in [-0.2, 0) is 49.4 Å². The number of hydrogen-bond donors (Lipinski definition) is 0. The van der Waals surface area contributed by atoms with Crippen molar-refractivity contribution >= 4 is 30.2 Å². The van der Waals surface area contributed by atoms with E-state index < -0.39 is 31.7 Å². The Bertz CT molecular complexity index is 1630. The number of fused-ring (bicyclic) bond motifs is 8. The Hall–Kier alpha value is -1.90. The van der Waals surface area contributed by atoms with E-state index in [-0.39, 0.29) is 18.8 Å². The minimum atomic E-state index is -1.90. The van der Waals surface area contributed by atoms with Crippen LogP contribution in [0, 0.1) is 0 Å². The van der Waals surface area contributed by atoms with Gasteiger partial charge >= 0.3 is 8.24 Å². The first kappa shape index (κ1) is 30.0. The summed E-state index contributed by atoms with van der Waals surface area (Å²) in [6.07, 6.45) is 18.2. The van der Waals surface area contributed by atoms with Crippen LogP contribution in [0.4, 0.5) is 0 Å². The molecule has 7 aliphatic rings. The molecule has 0 unspecified atom stereocenters. The smallest absolute Gasteiger partial charge is 0.387 e. The van der Waals surface area contributed by atoms with Gasteiger partial charge in [-0.2, -0.15) is 0 Å². The van der Waals surface area contributed by atoms with Crippen molar-refractivity contribution in [3.05, 3.63) is 46.5 Å². The maximum Gasteiger partial charge on any atom is 0.387 e. The molecule has 8 nitrogen and oxygen atoms in total. The highest BCUT2D eigenvalue weighted by atomic mass is 31.1. The van der Waals surface area contributed by atoms with E-state index in [1.165, 1.54) is 71.6 Å². The lowest BCUT2D eigenvalue weighted by atomic mass is 9.84. The van der Waals surface area contributed by atoms with Crippen LogP contribution >= 0.6 is 8.24 Å². The quantitative estimate of drug-likeness (QED) is 0.270. The first-order valence-corrected chi connectivity index (χ1v) is 19.7. The fraction of sp³-hybridized carbons (Fsp3) is 0.684. The Morgan fingerprint density at radius 1 is 0.617 bits per heavy atom. The highest BCUT2D eigenvalue weighted by Gasteiger charge is 2.66. The standard InChI is InChI=1S/C38H47O8P/c1-7-19-36(20-8-1)40-24-38(46-36)35(34-31(23-39-38)41-37(42-34)21-9-2-10-22-37)45-47-43-29-17-15-25-11-3-5-13-27(25)32(29)33-28-14-6-4-12-26(28)16-18-30(33)44-47/h15-18,31,34-35H,1-14,19-24H2/t31-,34-,35+,38+/m1/s1. The summed E-state index contributed by atoms with van der Waals surface area (Å²) in [6.45, 7) is 0.671. The van der Waals surface area contributed by atoms with Crippen molar-refractivity contribution < 1.29 is 36.6 Å². The van der Waals surface area contributed by atoms with Gasteiger partial charge in [-0.3, -0.25) is 4.52 Å². The SMILES string of the molecule is c1cc2op(O[C@H]3[C@@H]4OC5(CCCCC5)O[C@@H]4CO[C@]34COC3(CCCCC3)O4)oc3ccc4c(c3c2c2c1CCCC2)CCCC4. The summed E-state index contributed by atoms with van der Waals surface area (Å²) in [5.74, 6) is -2.37. The van der Waals surface area contributed by atoms with Crippen LogP contribution in [0.2, 0.25) is 0 Å². The van der Waals surface area contributed by atoms with Crippen LogP contribution in [0.15, 0.2) is 32.7 Å². The molecule has 4 atom stereocenters. The Kier molecular flexibility index (Phi) is 7.39. The Labute approximate surface area is 277 Å². The maximum atomic E-state index is 7.12. The molecule has 2 saturated carbocycles. The van der Waals surface area contributed by atoms with Crippen LogP contribution < -0.4 is 4.52 Å². The molecule has 0 radical (unpaired) electrons. The first-order chi connectivity index (χ1) is 23.1. The third kappa shape index (κ3) is 4.99. The molecule has 4 heterocycles. The molecule has 0 amide bonds. The van der Waals surface area contributed by atoms with Gasteiger partial charge in [0.15, 0.2) is 17.7 Å². The molecule has 9 heteroatoms. The second kappa shape index (κ2) is 11.6. The summed E-state index contributed by atoms with van der Waals surface area (Å²) in [5.41, 5.74) is 7.44. The largest absolute Gasteiger partial charge is 0.399 e. The average Bonchev–Trinajstić information content (AvgIpc) is 3.58. The van der Waals surface area contributed by atoms with Crippen molar-refractivity contribution in [3.8, 4) is 0 Å². The topological polar surface area (TPSA) is 81.7 Å². The molecule has 0 bridgehead atoms. The number of ether oxygens (including phenoxy) is 5. The molecule has 3 spiro atoms. The van der Waals surface area contributed by atoms with Gasteiger partial charge in [-0.05, 0) is 111 Å². The van der Waals surface area contributed by atoms with Crippen LogP contribution in [0.1, 0.15) is 112 Å². The molecule has 3 saturated heterocycles. The lowest BCUT2D eigenvalue weighted by molar-refractivity contribution is -0.327. The van der Waals surface area contributed by atoms with Gasteiger partial charge in [0.2, 0.25) is 5.79 Å². The van der Waals surface area contributed by atoms with Gasteiger partial charge in [0.1, 0.15) is 30.0 Å². The summed E-state index contributed by atoms with van der Waals surface area (Å²) in [5, 5.41) is 2.44. The average molecular weight is 663 g/mol. The van der Waals surface area contributed by atoms with Crippen LogP contribution in [-0.4, -0.2) is 48.9 Å². The third-order valence-electron chi connectivity index (χ3n) is 12.2. The van der Waals surface area contributed by atoms with Gasteiger partial charge < -0.3 is 32.1 Å². The van der Waals surface area contributed by atoms with E-state index in [0.717, 1.165) is 88.2 Å². The van der Waals surface area contributed by atoms with Crippen molar-refractivity contribution in [1.82, 2.24) is 0 Å². The second-order valence-electron chi connectivity index (χ2n) is 15.2. The lowest BCUT2D eigenvalue weighted by Gasteiger charge is -2.43. The predicted octanol–water partition coefficient (Wildman–Crippen LogP) is 8.72. The van der Waals surface area contributed by atoms with E-state index in [4.69, 9.17) is 36.6 Å². The van der Waals surface area contributed by atoms with Crippen molar-refractivity contribution in [2.24, 2.45) is 0 Å². The Morgan fingerprint density at radius 2 is 1.21 bits per heavy atom. The third-order valence-corrected chi connectivity index (χ3v) is 13.3. The van der Waals surface area contributed by atoms with Crippen molar-refractivity contribution in [2.45, 2.75) is 151 Å². The minimum Gasteiger partial charge on any atom is -0.399 e. The molecule has 5 fully saturated rings. The van der Waals surface area contributed by atoms with Gasteiger partial charge in [-0.1, -0.05) is 25.0 Å². The molecule has 3 aromatic rings. The number of rotatable bonds is 2. The van der Waals surface area contributed by atoms with E-state index in [2.05, 4.69) is 24.3 Å². The molecule has 0 N–H and O–H groups in total. The van der Waals surface area contributed by atoms with E-state index in [9.17, 15) is 0 Å². The monoisotopic (exact) mass is 662 g/mol. The second-order valence-corrected chi connectivity index (χ2v) is 16.2. The fourth-order valence-electron chi connectivity index (χ4n) is 9.88. The molecule has 3 aliphatic heterocycles. The Balaban J connectivity index is 1.12. The number of aryl methyl sites for hydroxylation is 4. The molecule has 4 aliphatic carbocycles. The molecular formula is C38H47O8P. The summed E-state index contributed by atoms with van der Waals surface area (Å²) in [6, 6.07) is 8.86. The van der Waals surface area contributed by atoms with Gasteiger partial charge in [0.25, 0.3) is 0 Å². The van der Waals surface area contributed by atoms with E-state index in [1.54, 1.807) is 0 Å². The normalized spacial score (nSPS) is 32.6. The minimum absolute atomic E-state index is 0.254. The summed E-state index contributed by atoms with van der Waals surface area (Å²) in [7, 11) is -1.90. The van der Waals surface area contributed by atoms with Gasteiger partial charge in [-0.15, -0.1) is 0 Å². The van der Waals surface area contributed by atoms with E-state index in [1.807, 2.05) is 0 Å². The zero-order chi connectivity index (χ0) is 31.1. The van der Waals surface area contributed by atoms with Crippen molar-refractivity contribution in [3.63, 3.8) is 0 Å². The van der Waals surface area contributed by atoms with Crippen LogP contribution in [0.3, 0.4) is 0 Å². The van der Waals surface area contributed by atoms with Crippen molar-refractivity contribution in [2.75, 3.05) is 13.2 Å². The molecular weight excluding hydrogens is 615 g/mol. The van der Waals surface area contributed by atoms with Crippen LogP contribution in [0.25, 0.3) is 21.9 Å². The summed E-state index contributed by atoms with van der Waals surface area (Å²) >= 11 is 0. The van der Waals surface area contributed by atoms with Crippen molar-refractivity contribution in [1.29, 1.82) is 0 Å². The van der Waals surface area contributed by atoms with E-state index >= 15 is 0 Å². The Morgan fingerprint density at radius 3 is 1.85 bits per heavy atom. The fourth-order valence-corrected chi connectivity index (χ4v) is 11.1. The number of hydrogen-bond acceptors (Lipinski definition) is 8. The summed E-state index contributed by atoms with van der Waals surface area (Å²) < 4.78 is 54.8. The maximum absolute atomic E-state index is 7.12. The molecule has 47 heavy (non-hydrogen) atoms. The highest BCUT2D eigenvalue weighted by molar-refractivity contribution is 7.31. The number of benzene rings is 2. The molecule has 1 aromatic heterocycles. The van der Waals surface area contributed by atoms with Gasteiger partial charge in [-0.25, -0.2) is 0 Å². The molecule has 10 rings (SSSR count).